The number of hydrogen-bond acceptors (Lipinski definition) is 4. The van der Waals surface area contributed by atoms with Crippen molar-refractivity contribution in [1.29, 1.82) is 0 Å². The number of nitrogens with one attached hydrogen (secondary N) is 1. The summed E-state index contributed by atoms with van der Waals surface area (Å²) in [5.74, 6) is 0.507. The first kappa shape index (κ1) is 5.11. The fourth-order valence-electron chi connectivity index (χ4n) is 0.367. The van der Waals surface area contributed by atoms with Crippen molar-refractivity contribution in [3.8, 4) is 0 Å². The van der Waals surface area contributed by atoms with Crippen molar-refractivity contribution in [2.75, 3.05) is 12.6 Å². The van der Waals surface area contributed by atoms with Crippen molar-refractivity contribution >= 4 is 5.88 Å². The molecule has 0 atom stereocenters. The van der Waals surface area contributed by atoms with Gasteiger partial charge in [-0.1, -0.05) is 0 Å². The summed E-state index contributed by atoms with van der Waals surface area (Å²) in [7, 11) is 1.50. The lowest BCUT2D eigenvalue weighted by atomic mass is 10.8. The van der Waals surface area contributed by atoms with E-state index in [-0.39, 0.29) is 0 Å². The third kappa shape index (κ3) is 0.974. The Morgan fingerprint density at radius 2 is 2.75 bits per heavy atom. The van der Waals surface area contributed by atoms with E-state index in [1.807, 2.05) is 0 Å². The van der Waals surface area contributed by atoms with Crippen LogP contribution >= 0.6 is 0 Å². The Morgan fingerprint density at radius 1 is 1.88 bits per heavy atom. The average molecular weight is 114 g/mol. The number of hydrogen-bond donors (Lipinski definition) is 1. The molecule has 0 bridgehead atoms. The van der Waals surface area contributed by atoms with Gasteiger partial charge < -0.3 is 4.42 Å². The van der Waals surface area contributed by atoms with Gasteiger partial charge in [-0.25, -0.2) is 10.5 Å². The highest BCUT2D eigenvalue weighted by molar-refractivity contribution is 5.21. The zero-order chi connectivity index (χ0) is 5.82. The van der Waals surface area contributed by atoms with Gasteiger partial charge in [-0.3, -0.25) is 4.84 Å². The van der Waals surface area contributed by atoms with Crippen LogP contribution in [0.5, 0.6) is 0 Å². The third-order valence-electron chi connectivity index (χ3n) is 0.635. The van der Waals surface area contributed by atoms with E-state index in [0.717, 1.165) is 0 Å². The molecule has 0 saturated heterocycles. The van der Waals surface area contributed by atoms with Gasteiger partial charge in [0.25, 0.3) is 0 Å². The molecule has 1 rings (SSSR count). The average Bonchev–Trinajstić information content (AvgIpc) is 2.19. The van der Waals surface area contributed by atoms with Crippen molar-refractivity contribution in [2.45, 2.75) is 0 Å². The molecular weight excluding hydrogens is 108 g/mol. The molecular formula is C4H6N2O2. The fourth-order valence-corrected chi connectivity index (χ4v) is 0.367. The van der Waals surface area contributed by atoms with Crippen molar-refractivity contribution in [2.24, 2.45) is 0 Å². The molecule has 0 amide bonds. The molecule has 0 spiro atoms. The van der Waals surface area contributed by atoms with Crippen molar-refractivity contribution in [3.63, 3.8) is 0 Å². The van der Waals surface area contributed by atoms with E-state index < -0.39 is 0 Å². The number of oxazole rings is 1. The van der Waals surface area contributed by atoms with E-state index in [4.69, 9.17) is 4.42 Å². The van der Waals surface area contributed by atoms with Crippen LogP contribution in [0.3, 0.4) is 0 Å². The molecule has 0 aliphatic heterocycles. The molecule has 0 unspecified atom stereocenters. The Bertz CT molecular complexity index is 138. The number of aromatic nitrogens is 1. The van der Waals surface area contributed by atoms with E-state index >= 15 is 0 Å². The van der Waals surface area contributed by atoms with Crippen LogP contribution in [-0.2, 0) is 4.84 Å². The van der Waals surface area contributed by atoms with Gasteiger partial charge in [-0.2, -0.15) is 0 Å². The SMILES string of the molecule is CONc1cnco1. The molecule has 0 aliphatic rings. The standard InChI is InChI=1S/C4H6N2O2/c1-7-6-4-2-5-3-8-4/h2-3,6H,1H3. The Kier molecular flexibility index (Phi) is 1.48. The number of rotatable bonds is 2. The van der Waals surface area contributed by atoms with Gasteiger partial charge in [0.2, 0.25) is 5.88 Å². The predicted octanol–water partition coefficient (Wildman–Crippen LogP) is 0.648. The Morgan fingerprint density at radius 3 is 3.25 bits per heavy atom. The molecule has 1 N–H and O–H groups in total. The van der Waals surface area contributed by atoms with Gasteiger partial charge in [0.15, 0.2) is 6.39 Å². The maximum Gasteiger partial charge on any atom is 0.237 e. The molecule has 0 radical (unpaired) electrons. The first-order valence-electron chi connectivity index (χ1n) is 2.11. The molecule has 0 saturated carbocycles. The third-order valence-corrected chi connectivity index (χ3v) is 0.635. The highest BCUT2D eigenvalue weighted by atomic mass is 16.6. The molecule has 1 heterocycles. The lowest BCUT2D eigenvalue weighted by molar-refractivity contribution is 0.258. The summed E-state index contributed by atoms with van der Waals surface area (Å²) in [6, 6.07) is 0. The van der Waals surface area contributed by atoms with Crippen LogP contribution in [0.15, 0.2) is 17.0 Å². The molecule has 4 heteroatoms. The molecule has 0 aliphatic carbocycles. The molecule has 0 aromatic carbocycles. The second-order valence-electron chi connectivity index (χ2n) is 1.17. The zero-order valence-corrected chi connectivity index (χ0v) is 4.42. The summed E-state index contributed by atoms with van der Waals surface area (Å²) >= 11 is 0. The highest BCUT2D eigenvalue weighted by Crippen LogP contribution is 2.01. The molecule has 4 nitrogen and oxygen atoms in total. The fraction of sp³-hybridized carbons (Fsp3) is 0.250. The van der Waals surface area contributed by atoms with E-state index in [1.54, 1.807) is 0 Å². The van der Waals surface area contributed by atoms with Crippen molar-refractivity contribution in [1.82, 2.24) is 4.98 Å². The van der Waals surface area contributed by atoms with Crippen LogP contribution in [-0.4, -0.2) is 12.1 Å². The molecule has 44 valence electrons. The monoisotopic (exact) mass is 114 g/mol. The van der Waals surface area contributed by atoms with Gasteiger partial charge in [-0.05, 0) is 0 Å². The predicted molar refractivity (Wildman–Crippen MR) is 27.1 cm³/mol. The van der Waals surface area contributed by atoms with Crippen LogP contribution < -0.4 is 5.48 Å². The summed E-state index contributed by atoms with van der Waals surface area (Å²) in [4.78, 5) is 8.13. The van der Waals surface area contributed by atoms with Gasteiger partial charge in [0.1, 0.15) is 0 Å². The molecule has 1 aromatic rings. The lowest BCUT2D eigenvalue weighted by Crippen LogP contribution is -1.92. The highest BCUT2D eigenvalue weighted by Gasteiger charge is 1.88. The summed E-state index contributed by atoms with van der Waals surface area (Å²) in [5, 5.41) is 0. The number of nitrogens with zero attached hydrogens (tertiary/aromatic N) is 1. The summed E-state index contributed by atoms with van der Waals surface area (Å²) < 4.78 is 4.73. The van der Waals surface area contributed by atoms with E-state index in [1.165, 1.54) is 19.7 Å². The Balaban J connectivity index is 2.50. The minimum Gasteiger partial charge on any atom is -0.426 e. The van der Waals surface area contributed by atoms with Crippen LogP contribution in [0.4, 0.5) is 5.88 Å². The largest absolute Gasteiger partial charge is 0.426 e. The van der Waals surface area contributed by atoms with Gasteiger partial charge in [-0.15, -0.1) is 0 Å². The first-order chi connectivity index (χ1) is 3.93. The maximum absolute atomic E-state index is 4.73. The molecule has 1 aromatic heterocycles. The quantitative estimate of drug-likeness (QED) is 0.573. The maximum atomic E-state index is 4.73. The minimum absolute atomic E-state index is 0.507. The van der Waals surface area contributed by atoms with Crippen LogP contribution in [0.25, 0.3) is 0 Å². The Labute approximate surface area is 46.4 Å². The second kappa shape index (κ2) is 2.32. The van der Waals surface area contributed by atoms with E-state index in [0.29, 0.717) is 5.88 Å². The van der Waals surface area contributed by atoms with Crippen molar-refractivity contribution in [3.05, 3.63) is 12.6 Å². The summed E-state index contributed by atoms with van der Waals surface area (Å²) in [6.45, 7) is 0. The van der Waals surface area contributed by atoms with E-state index in [2.05, 4.69) is 15.3 Å². The minimum atomic E-state index is 0.507. The first-order valence-corrected chi connectivity index (χ1v) is 2.11. The van der Waals surface area contributed by atoms with E-state index in [9.17, 15) is 0 Å². The summed E-state index contributed by atoms with van der Waals surface area (Å²) in [6.07, 6.45) is 2.84. The summed E-state index contributed by atoms with van der Waals surface area (Å²) in [5.41, 5.74) is 2.46. The number of anilines is 1. The van der Waals surface area contributed by atoms with Gasteiger partial charge >= 0.3 is 0 Å². The van der Waals surface area contributed by atoms with Crippen LogP contribution in [0, 0.1) is 0 Å². The van der Waals surface area contributed by atoms with Crippen LogP contribution in [0.1, 0.15) is 0 Å². The molecule has 8 heavy (non-hydrogen) atoms. The van der Waals surface area contributed by atoms with Gasteiger partial charge in [0.05, 0.1) is 13.3 Å². The Hall–Kier alpha value is -1.03. The molecule has 0 fully saturated rings. The lowest BCUT2D eigenvalue weighted by Gasteiger charge is -1.92. The topological polar surface area (TPSA) is 47.3 Å². The smallest absolute Gasteiger partial charge is 0.237 e. The second-order valence-corrected chi connectivity index (χ2v) is 1.17. The van der Waals surface area contributed by atoms with Crippen LogP contribution in [0.2, 0.25) is 0 Å². The van der Waals surface area contributed by atoms with Crippen molar-refractivity contribution < 1.29 is 9.25 Å². The van der Waals surface area contributed by atoms with Gasteiger partial charge in [0, 0.05) is 0 Å². The normalized spacial score (nSPS) is 9.12. The zero-order valence-electron chi connectivity index (χ0n) is 4.42.